The van der Waals surface area contributed by atoms with E-state index in [9.17, 15) is 17.6 Å². The van der Waals surface area contributed by atoms with Gasteiger partial charge in [0.2, 0.25) is 15.9 Å². The zero-order valence-corrected chi connectivity index (χ0v) is 19.0. The van der Waals surface area contributed by atoms with Gasteiger partial charge in [0, 0.05) is 17.0 Å². The van der Waals surface area contributed by atoms with Crippen LogP contribution in [-0.4, -0.2) is 25.2 Å². The summed E-state index contributed by atoms with van der Waals surface area (Å²) in [6.07, 6.45) is 1.45. The summed E-state index contributed by atoms with van der Waals surface area (Å²) in [7, 11) is -4.00. The van der Waals surface area contributed by atoms with Gasteiger partial charge in [-0.3, -0.25) is 4.79 Å². The third-order valence-corrected chi connectivity index (χ3v) is 6.56. The Balaban J connectivity index is 1.85. The fourth-order valence-electron chi connectivity index (χ4n) is 2.81. The Morgan fingerprint density at radius 2 is 1.66 bits per heavy atom. The van der Waals surface area contributed by atoms with Crippen molar-refractivity contribution in [2.75, 3.05) is 11.9 Å². The van der Waals surface area contributed by atoms with Gasteiger partial charge in [0.15, 0.2) is 0 Å². The third kappa shape index (κ3) is 6.64. The zero-order valence-electron chi connectivity index (χ0n) is 16.7. The minimum atomic E-state index is -4.00. The molecule has 0 aliphatic rings. The topological polar surface area (TPSA) is 66.5 Å². The number of amides is 1. The molecule has 5 nitrogen and oxygen atoms in total. The molecular formula is C23H19Cl2FN2O3S. The fraction of sp³-hybridized carbons (Fsp3) is 0.0870. The summed E-state index contributed by atoms with van der Waals surface area (Å²) in [5, 5.41) is 3.93. The smallest absolute Gasteiger partial charge is 0.239 e. The molecule has 0 bridgehead atoms. The largest absolute Gasteiger partial charge is 0.324 e. The highest BCUT2D eigenvalue weighted by Crippen LogP contribution is 2.23. The first kappa shape index (κ1) is 23.9. The molecule has 3 aromatic rings. The molecule has 0 spiro atoms. The standard InChI is InChI=1S/C23H19Cl2FN2O3S/c24-20-9-5-4-8-18(20)15-28(32(30,31)13-12-17-6-2-1-3-7-17)16-23(29)27-22-11-10-19(26)14-21(22)25/h1-14H,15-16H2,(H,27,29). The molecular weight excluding hydrogens is 474 g/mol. The van der Waals surface area contributed by atoms with E-state index in [1.165, 1.54) is 12.1 Å². The number of rotatable bonds is 8. The minimum Gasteiger partial charge on any atom is -0.324 e. The van der Waals surface area contributed by atoms with Crippen molar-refractivity contribution >= 4 is 50.9 Å². The van der Waals surface area contributed by atoms with Crippen LogP contribution < -0.4 is 5.32 Å². The van der Waals surface area contributed by atoms with E-state index in [1.807, 2.05) is 6.07 Å². The summed E-state index contributed by atoms with van der Waals surface area (Å²) in [5.41, 5.74) is 1.41. The molecule has 0 heterocycles. The summed E-state index contributed by atoms with van der Waals surface area (Å²) in [6.45, 7) is -0.619. The van der Waals surface area contributed by atoms with Gasteiger partial charge in [-0.1, -0.05) is 71.7 Å². The van der Waals surface area contributed by atoms with Crippen molar-refractivity contribution in [1.82, 2.24) is 4.31 Å². The second-order valence-electron chi connectivity index (χ2n) is 6.79. The predicted octanol–water partition coefficient (Wildman–Crippen LogP) is 5.57. The van der Waals surface area contributed by atoms with Crippen LogP contribution in [0.3, 0.4) is 0 Å². The monoisotopic (exact) mass is 492 g/mol. The first-order valence-corrected chi connectivity index (χ1v) is 11.7. The van der Waals surface area contributed by atoms with Gasteiger partial charge in [-0.15, -0.1) is 0 Å². The summed E-state index contributed by atoms with van der Waals surface area (Å²) >= 11 is 12.2. The molecule has 3 rings (SSSR count). The predicted molar refractivity (Wildman–Crippen MR) is 126 cm³/mol. The summed E-state index contributed by atoms with van der Waals surface area (Å²) in [6, 6.07) is 19.2. The van der Waals surface area contributed by atoms with Gasteiger partial charge >= 0.3 is 0 Å². The zero-order chi connectivity index (χ0) is 23.1. The quantitative estimate of drug-likeness (QED) is 0.446. The Bertz CT molecular complexity index is 1230. The maximum absolute atomic E-state index is 13.3. The molecule has 0 saturated carbocycles. The molecule has 9 heteroatoms. The summed E-state index contributed by atoms with van der Waals surface area (Å²) < 4.78 is 40.4. The van der Waals surface area contributed by atoms with E-state index in [0.717, 1.165) is 21.8 Å². The number of benzene rings is 3. The van der Waals surface area contributed by atoms with Crippen LogP contribution in [0, 0.1) is 5.82 Å². The molecule has 0 aliphatic heterocycles. The van der Waals surface area contributed by atoms with Crippen LogP contribution in [0.2, 0.25) is 10.0 Å². The van der Waals surface area contributed by atoms with Gasteiger partial charge in [-0.25, -0.2) is 12.8 Å². The number of carbonyl (C=O) groups is 1. The van der Waals surface area contributed by atoms with E-state index in [2.05, 4.69) is 5.32 Å². The molecule has 0 radical (unpaired) electrons. The highest BCUT2D eigenvalue weighted by atomic mass is 35.5. The Morgan fingerprint density at radius 1 is 0.969 bits per heavy atom. The van der Waals surface area contributed by atoms with Gasteiger partial charge in [0.1, 0.15) is 5.82 Å². The summed E-state index contributed by atoms with van der Waals surface area (Å²) in [5.74, 6) is -1.19. The fourth-order valence-corrected chi connectivity index (χ4v) is 4.34. The van der Waals surface area contributed by atoms with Crippen molar-refractivity contribution < 1.29 is 17.6 Å². The van der Waals surface area contributed by atoms with Crippen molar-refractivity contribution in [1.29, 1.82) is 0 Å². The number of hydrogen-bond donors (Lipinski definition) is 1. The van der Waals surface area contributed by atoms with Crippen LogP contribution in [0.15, 0.2) is 78.2 Å². The number of hydrogen-bond acceptors (Lipinski definition) is 3. The number of sulfonamides is 1. The van der Waals surface area contributed by atoms with Crippen LogP contribution in [0.25, 0.3) is 6.08 Å². The maximum atomic E-state index is 13.3. The lowest BCUT2D eigenvalue weighted by Crippen LogP contribution is -2.36. The SMILES string of the molecule is O=C(CN(Cc1ccccc1Cl)S(=O)(=O)C=Cc1ccccc1)Nc1ccc(F)cc1Cl. The highest BCUT2D eigenvalue weighted by molar-refractivity contribution is 7.92. The van der Waals surface area contributed by atoms with Gasteiger partial charge in [-0.05, 0) is 41.5 Å². The Hall–Kier alpha value is -2.71. The summed E-state index contributed by atoms with van der Waals surface area (Å²) in [4.78, 5) is 12.6. The van der Waals surface area contributed by atoms with Gasteiger partial charge < -0.3 is 5.32 Å². The second kappa shape index (κ2) is 10.7. The molecule has 0 unspecified atom stereocenters. The molecule has 166 valence electrons. The minimum absolute atomic E-state index is 0.00262. The first-order valence-electron chi connectivity index (χ1n) is 9.46. The van der Waals surface area contributed by atoms with Crippen LogP contribution in [0.1, 0.15) is 11.1 Å². The molecule has 0 aromatic heterocycles. The van der Waals surface area contributed by atoms with Crippen LogP contribution in [0.5, 0.6) is 0 Å². The molecule has 1 amide bonds. The molecule has 0 atom stereocenters. The lowest BCUT2D eigenvalue weighted by Gasteiger charge is -2.21. The van der Waals surface area contributed by atoms with Crippen LogP contribution in [-0.2, 0) is 21.4 Å². The molecule has 0 fully saturated rings. The molecule has 1 N–H and O–H groups in total. The average Bonchev–Trinajstić information content (AvgIpc) is 2.76. The van der Waals surface area contributed by atoms with Crippen molar-refractivity contribution in [3.05, 3.63) is 105 Å². The first-order chi connectivity index (χ1) is 15.2. The Kier molecular flexibility index (Phi) is 8.04. The normalized spacial score (nSPS) is 11.8. The van der Waals surface area contributed by atoms with E-state index in [1.54, 1.807) is 48.5 Å². The van der Waals surface area contributed by atoms with Crippen LogP contribution in [0.4, 0.5) is 10.1 Å². The van der Waals surface area contributed by atoms with Crippen molar-refractivity contribution in [3.8, 4) is 0 Å². The number of nitrogens with zero attached hydrogens (tertiary/aromatic N) is 1. The molecule has 32 heavy (non-hydrogen) atoms. The maximum Gasteiger partial charge on any atom is 0.239 e. The average molecular weight is 493 g/mol. The second-order valence-corrected chi connectivity index (χ2v) is 9.42. The third-order valence-electron chi connectivity index (χ3n) is 4.42. The Labute approximate surface area is 196 Å². The van der Waals surface area contributed by atoms with E-state index < -0.39 is 28.3 Å². The van der Waals surface area contributed by atoms with E-state index in [-0.39, 0.29) is 17.3 Å². The molecule has 0 aliphatic carbocycles. The molecule has 3 aromatic carbocycles. The lowest BCUT2D eigenvalue weighted by molar-refractivity contribution is -0.116. The lowest BCUT2D eigenvalue weighted by atomic mass is 10.2. The Morgan fingerprint density at radius 3 is 2.34 bits per heavy atom. The molecule has 0 saturated heterocycles. The van der Waals surface area contributed by atoms with E-state index in [4.69, 9.17) is 23.2 Å². The van der Waals surface area contributed by atoms with Gasteiger partial charge in [0.25, 0.3) is 0 Å². The number of anilines is 1. The van der Waals surface area contributed by atoms with Crippen molar-refractivity contribution in [2.45, 2.75) is 6.54 Å². The number of halogens is 3. The highest BCUT2D eigenvalue weighted by Gasteiger charge is 2.24. The van der Waals surface area contributed by atoms with Crippen LogP contribution >= 0.6 is 23.2 Å². The number of carbonyl (C=O) groups excluding carboxylic acids is 1. The van der Waals surface area contributed by atoms with Crippen molar-refractivity contribution in [3.63, 3.8) is 0 Å². The van der Waals surface area contributed by atoms with Gasteiger partial charge in [0.05, 0.1) is 17.3 Å². The van der Waals surface area contributed by atoms with Crippen molar-refractivity contribution in [2.24, 2.45) is 0 Å². The van der Waals surface area contributed by atoms with Gasteiger partial charge in [-0.2, -0.15) is 4.31 Å². The van der Waals surface area contributed by atoms with E-state index in [0.29, 0.717) is 16.1 Å². The van der Waals surface area contributed by atoms with E-state index >= 15 is 0 Å². The number of nitrogens with one attached hydrogen (secondary N) is 1.